The Bertz CT molecular complexity index is 1360. The number of aromatic amines is 1. The zero-order valence-electron chi connectivity index (χ0n) is 24.9. The van der Waals surface area contributed by atoms with E-state index in [4.69, 9.17) is 16.1 Å². The van der Waals surface area contributed by atoms with Crippen LogP contribution in [0.3, 0.4) is 0 Å². The van der Waals surface area contributed by atoms with Gasteiger partial charge in [0.15, 0.2) is 0 Å². The second-order valence-corrected chi connectivity index (χ2v) is 13.4. The van der Waals surface area contributed by atoms with Gasteiger partial charge in [0.1, 0.15) is 29.9 Å². The van der Waals surface area contributed by atoms with Gasteiger partial charge in [-0.05, 0) is 68.6 Å². The molecule has 2 aliphatic carbocycles. The van der Waals surface area contributed by atoms with E-state index in [1.54, 1.807) is 0 Å². The van der Waals surface area contributed by atoms with E-state index in [-0.39, 0.29) is 23.2 Å². The minimum atomic E-state index is -0.929. The average molecular weight is 563 g/mol. The molecule has 0 radical (unpaired) electrons. The predicted octanol–water partition coefficient (Wildman–Crippen LogP) is 3.87. The number of nitrogens with one attached hydrogen (secondary N) is 3. The number of aromatic nitrogens is 4. The minimum Gasteiger partial charge on any atom is -0.390 e. The van der Waals surface area contributed by atoms with Crippen LogP contribution in [0.4, 0.5) is 11.6 Å². The molecular weight excluding hydrogens is 516 g/mol. The Kier molecular flexibility index (Phi) is 8.36. The molecule has 2 saturated carbocycles. The number of hydrogen-bond donors (Lipinski definition) is 6. The van der Waals surface area contributed by atoms with Crippen LogP contribution in [0.1, 0.15) is 77.3 Å². The van der Waals surface area contributed by atoms with Gasteiger partial charge in [0.2, 0.25) is 0 Å². The molecule has 7 N–H and O–H groups in total. The fraction of sp³-hybridized carbons (Fsp3) is 0.613. The average Bonchev–Trinajstić information content (AvgIpc) is 3.42. The number of aliphatic hydroxyl groups is 2. The first kappa shape index (κ1) is 29.4. The van der Waals surface area contributed by atoms with Crippen molar-refractivity contribution in [3.05, 3.63) is 41.5 Å². The van der Waals surface area contributed by atoms with Gasteiger partial charge in [-0.3, -0.25) is 4.90 Å². The number of nitrogens with two attached hydrogens (primary N) is 1. The highest BCUT2D eigenvalue weighted by Gasteiger charge is 2.44. The summed E-state index contributed by atoms with van der Waals surface area (Å²) in [6.45, 7) is 11.8. The summed E-state index contributed by atoms with van der Waals surface area (Å²) in [5, 5.41) is 32.6. The van der Waals surface area contributed by atoms with Crippen molar-refractivity contribution in [1.29, 1.82) is 5.41 Å². The molecule has 2 fully saturated rings. The lowest BCUT2D eigenvalue weighted by Crippen LogP contribution is -2.51. The van der Waals surface area contributed by atoms with Gasteiger partial charge >= 0.3 is 0 Å². The molecule has 2 heterocycles. The van der Waals surface area contributed by atoms with Gasteiger partial charge in [-0.2, -0.15) is 0 Å². The summed E-state index contributed by atoms with van der Waals surface area (Å²) < 4.78 is 0. The highest BCUT2D eigenvalue weighted by Crippen LogP contribution is 2.38. The first-order valence-corrected chi connectivity index (χ1v) is 14.9. The summed E-state index contributed by atoms with van der Waals surface area (Å²) in [5.41, 5.74) is 9.85. The number of nitrogens with zero attached hydrogens (tertiary/aromatic N) is 4. The lowest BCUT2D eigenvalue weighted by Gasteiger charge is -2.46. The van der Waals surface area contributed by atoms with Crippen LogP contribution in [0.25, 0.3) is 11.0 Å². The molecule has 222 valence electrons. The molecule has 0 saturated heterocycles. The maximum Gasteiger partial charge on any atom is 0.140 e. The van der Waals surface area contributed by atoms with E-state index in [9.17, 15) is 10.2 Å². The van der Waals surface area contributed by atoms with E-state index >= 15 is 0 Å². The van der Waals surface area contributed by atoms with Gasteiger partial charge in [0, 0.05) is 37.2 Å². The van der Waals surface area contributed by atoms with Crippen LogP contribution in [0.15, 0.2) is 24.5 Å². The molecule has 0 aliphatic heterocycles. The molecule has 0 bridgehead atoms. The molecular formula is C31H46N8O2. The van der Waals surface area contributed by atoms with Crippen LogP contribution in [-0.2, 0) is 11.8 Å². The molecule has 1 aromatic carbocycles. The fourth-order valence-electron chi connectivity index (χ4n) is 6.54. The molecule has 2 aromatic heterocycles. The summed E-state index contributed by atoms with van der Waals surface area (Å²) in [5.74, 6) is 2.28. The highest BCUT2D eigenvalue weighted by atomic mass is 16.3. The monoisotopic (exact) mass is 562 g/mol. The number of nitrogen functional groups attached to an aromatic ring is 1. The third-order valence-corrected chi connectivity index (χ3v) is 9.16. The predicted molar refractivity (Wildman–Crippen MR) is 163 cm³/mol. The zero-order valence-corrected chi connectivity index (χ0v) is 24.9. The standard InChI is InChI=1S/C31H46N8O2/c1-17(2)39(15-19-12-25(28(41)27(19)40)38-30-22(14-32)29(33)34-16-35-30)21-10-18(11-21)6-9-26-36-23-8-7-20(31(3,4)5)13-24(23)37-26/h7-8,13-14,16-19,21,25,27-28,32,40-41H,6,9-12,15H2,1-5H3,(H,36,37)(H3,33,34,35,38). The smallest absolute Gasteiger partial charge is 0.140 e. The number of anilines is 2. The summed E-state index contributed by atoms with van der Waals surface area (Å²) in [6.07, 6.45) is 5.63. The molecule has 4 unspecified atom stereocenters. The van der Waals surface area contributed by atoms with Gasteiger partial charge in [0.25, 0.3) is 0 Å². The van der Waals surface area contributed by atoms with Gasteiger partial charge < -0.3 is 31.7 Å². The summed E-state index contributed by atoms with van der Waals surface area (Å²) in [7, 11) is 0. The number of fused-ring (bicyclic) bond motifs is 1. The third kappa shape index (κ3) is 6.24. The zero-order chi connectivity index (χ0) is 29.5. The van der Waals surface area contributed by atoms with E-state index in [1.165, 1.54) is 11.9 Å². The van der Waals surface area contributed by atoms with Crippen molar-refractivity contribution in [2.24, 2.45) is 11.8 Å². The molecule has 2 aliphatic rings. The Morgan fingerprint density at radius 1 is 1.17 bits per heavy atom. The molecule has 10 nitrogen and oxygen atoms in total. The summed E-state index contributed by atoms with van der Waals surface area (Å²) in [4.78, 5) is 19.0. The SMILES string of the molecule is CC(C)N(CC1CC(Nc2ncnc(N)c2C=N)C(O)C1O)C1CC(CCc2nc3ccc(C(C)(C)C)cc3[nH]2)C1. The topological polar surface area (TPSA) is 160 Å². The van der Waals surface area contributed by atoms with Crippen molar-refractivity contribution in [3.8, 4) is 0 Å². The second kappa shape index (κ2) is 11.7. The Hall–Kier alpha value is -3.08. The number of aryl methyl sites for hydroxylation is 1. The van der Waals surface area contributed by atoms with Crippen LogP contribution < -0.4 is 11.1 Å². The molecule has 0 spiro atoms. The molecule has 5 rings (SSSR count). The lowest BCUT2D eigenvalue weighted by atomic mass is 9.76. The summed E-state index contributed by atoms with van der Waals surface area (Å²) in [6, 6.07) is 6.98. The fourth-order valence-corrected chi connectivity index (χ4v) is 6.54. The number of hydrogen-bond acceptors (Lipinski definition) is 9. The first-order valence-electron chi connectivity index (χ1n) is 14.9. The molecule has 4 atom stereocenters. The van der Waals surface area contributed by atoms with Crippen LogP contribution >= 0.6 is 0 Å². The van der Waals surface area contributed by atoms with Crippen LogP contribution in [0, 0.1) is 17.2 Å². The van der Waals surface area contributed by atoms with E-state index < -0.39 is 12.2 Å². The Balaban J connectivity index is 1.15. The van der Waals surface area contributed by atoms with E-state index in [2.05, 4.69) is 78.0 Å². The number of imidazole rings is 1. The van der Waals surface area contributed by atoms with E-state index in [0.717, 1.165) is 55.3 Å². The normalized spacial score (nSPS) is 26.6. The van der Waals surface area contributed by atoms with Crippen molar-refractivity contribution < 1.29 is 10.2 Å². The van der Waals surface area contributed by atoms with Crippen LogP contribution in [-0.4, -0.2) is 78.1 Å². The number of rotatable bonds is 10. The molecule has 0 amide bonds. The van der Waals surface area contributed by atoms with Crippen LogP contribution in [0.2, 0.25) is 0 Å². The first-order chi connectivity index (χ1) is 19.4. The number of benzene rings is 1. The van der Waals surface area contributed by atoms with Gasteiger partial charge in [0.05, 0.1) is 28.7 Å². The Labute approximate surface area is 242 Å². The molecule has 3 aromatic rings. The molecule has 10 heteroatoms. The quantitative estimate of drug-likeness (QED) is 0.203. The molecule has 41 heavy (non-hydrogen) atoms. The maximum absolute atomic E-state index is 10.9. The van der Waals surface area contributed by atoms with Crippen molar-refractivity contribution in [3.63, 3.8) is 0 Å². The van der Waals surface area contributed by atoms with E-state index in [0.29, 0.717) is 35.8 Å². The van der Waals surface area contributed by atoms with Crippen molar-refractivity contribution in [2.45, 2.75) is 102 Å². The van der Waals surface area contributed by atoms with Gasteiger partial charge in [-0.15, -0.1) is 0 Å². The minimum absolute atomic E-state index is 0.0693. The second-order valence-electron chi connectivity index (χ2n) is 13.4. The van der Waals surface area contributed by atoms with Crippen LogP contribution in [0.5, 0.6) is 0 Å². The Morgan fingerprint density at radius 3 is 2.61 bits per heavy atom. The van der Waals surface area contributed by atoms with Gasteiger partial charge in [-0.25, -0.2) is 15.0 Å². The van der Waals surface area contributed by atoms with Crippen molar-refractivity contribution in [2.75, 3.05) is 17.6 Å². The van der Waals surface area contributed by atoms with E-state index in [1.807, 2.05) is 0 Å². The largest absolute Gasteiger partial charge is 0.390 e. The highest BCUT2D eigenvalue weighted by molar-refractivity contribution is 5.89. The van der Waals surface area contributed by atoms with Crippen molar-refractivity contribution >= 4 is 28.9 Å². The third-order valence-electron chi connectivity index (χ3n) is 9.16. The number of H-pyrrole nitrogens is 1. The number of aliphatic hydroxyl groups excluding tert-OH is 2. The van der Waals surface area contributed by atoms with Crippen molar-refractivity contribution in [1.82, 2.24) is 24.8 Å². The lowest BCUT2D eigenvalue weighted by molar-refractivity contribution is -0.0138. The Morgan fingerprint density at radius 2 is 1.93 bits per heavy atom. The summed E-state index contributed by atoms with van der Waals surface area (Å²) >= 11 is 0. The maximum atomic E-state index is 10.9. The van der Waals surface area contributed by atoms with Gasteiger partial charge in [-0.1, -0.05) is 26.8 Å².